The van der Waals surface area contributed by atoms with Crippen molar-refractivity contribution in [1.82, 2.24) is 24.6 Å². The molecule has 1 amide bonds. The molecule has 1 N–H and O–H groups in total. The van der Waals surface area contributed by atoms with E-state index in [9.17, 15) is 9.59 Å². The molecule has 3 heterocycles. The van der Waals surface area contributed by atoms with Crippen LogP contribution >= 0.6 is 0 Å². The van der Waals surface area contributed by atoms with E-state index in [1.54, 1.807) is 6.20 Å². The molecule has 2 aromatic carbocycles. The van der Waals surface area contributed by atoms with Gasteiger partial charge in [0.25, 0.3) is 5.56 Å². The third-order valence-electron chi connectivity index (χ3n) is 7.54. The van der Waals surface area contributed by atoms with Gasteiger partial charge in [0.2, 0.25) is 5.91 Å². The number of carbonyl (C=O) groups excluding carboxylic acids is 1. The maximum atomic E-state index is 13.5. The Morgan fingerprint density at radius 1 is 1.00 bits per heavy atom. The largest absolute Gasteiger partial charge is 0.354 e. The molecule has 36 heavy (non-hydrogen) atoms. The van der Waals surface area contributed by atoms with E-state index >= 15 is 0 Å². The van der Waals surface area contributed by atoms with Gasteiger partial charge in [0, 0.05) is 48.0 Å². The molecule has 7 heteroatoms. The van der Waals surface area contributed by atoms with Gasteiger partial charge in [-0.1, -0.05) is 55.0 Å². The standard InChI is InChI=1S/C29H35N5O2/c1-21-10-8-11-22(2)32(21)17-9-16-30-27(35)20-34-29(36)28-25(18-31-34)24-14-6-7-15-26(24)33(28)19-23-12-4-3-5-13-23/h3-7,12-15,18,21-22H,8-11,16-17,19-20H2,1-2H3,(H,30,35)/t21-,22+. The summed E-state index contributed by atoms with van der Waals surface area (Å²) in [5.74, 6) is -0.186. The zero-order valence-electron chi connectivity index (χ0n) is 21.2. The number of piperidine rings is 1. The summed E-state index contributed by atoms with van der Waals surface area (Å²) in [7, 11) is 0. The number of aromatic nitrogens is 3. The van der Waals surface area contributed by atoms with E-state index in [4.69, 9.17) is 0 Å². The van der Waals surface area contributed by atoms with Crippen LogP contribution in [0, 0.1) is 0 Å². The third kappa shape index (κ3) is 4.93. The van der Waals surface area contributed by atoms with Gasteiger partial charge in [0.05, 0.1) is 6.20 Å². The van der Waals surface area contributed by atoms with Gasteiger partial charge in [0.15, 0.2) is 0 Å². The van der Waals surface area contributed by atoms with Crippen LogP contribution in [0.5, 0.6) is 0 Å². The van der Waals surface area contributed by atoms with Crippen LogP contribution in [0.2, 0.25) is 0 Å². The van der Waals surface area contributed by atoms with Crippen molar-refractivity contribution in [3.05, 3.63) is 76.7 Å². The second-order valence-electron chi connectivity index (χ2n) is 10.0. The molecule has 0 saturated carbocycles. The van der Waals surface area contributed by atoms with E-state index in [2.05, 4.69) is 41.3 Å². The van der Waals surface area contributed by atoms with Gasteiger partial charge in [-0.05, 0) is 44.7 Å². The molecular weight excluding hydrogens is 450 g/mol. The van der Waals surface area contributed by atoms with E-state index in [1.165, 1.54) is 23.9 Å². The van der Waals surface area contributed by atoms with Gasteiger partial charge < -0.3 is 9.88 Å². The van der Waals surface area contributed by atoms with E-state index in [-0.39, 0.29) is 18.0 Å². The number of fused-ring (bicyclic) bond motifs is 3. The van der Waals surface area contributed by atoms with Crippen LogP contribution in [-0.4, -0.2) is 50.3 Å². The average Bonchev–Trinajstić information content (AvgIpc) is 3.20. The molecule has 188 valence electrons. The summed E-state index contributed by atoms with van der Waals surface area (Å²) in [4.78, 5) is 28.8. The fraction of sp³-hybridized carbons (Fsp3) is 0.414. The predicted octanol–water partition coefficient (Wildman–Crippen LogP) is 4.17. The molecule has 1 aliphatic rings. The Balaban J connectivity index is 1.32. The van der Waals surface area contributed by atoms with Crippen LogP contribution in [0.3, 0.4) is 0 Å². The lowest BCUT2D eigenvalue weighted by molar-refractivity contribution is -0.121. The second kappa shape index (κ2) is 10.7. The lowest BCUT2D eigenvalue weighted by Crippen LogP contribution is -2.45. The molecule has 2 atom stereocenters. The fourth-order valence-electron chi connectivity index (χ4n) is 5.63. The lowest BCUT2D eigenvalue weighted by atomic mass is 9.97. The predicted molar refractivity (Wildman–Crippen MR) is 144 cm³/mol. The van der Waals surface area contributed by atoms with Crippen molar-refractivity contribution in [2.75, 3.05) is 13.1 Å². The molecule has 5 rings (SSSR count). The van der Waals surface area contributed by atoms with Crippen molar-refractivity contribution in [2.45, 2.75) is 64.7 Å². The first-order chi connectivity index (χ1) is 17.5. The van der Waals surface area contributed by atoms with Crippen molar-refractivity contribution in [3.8, 4) is 0 Å². The molecule has 1 fully saturated rings. The minimum absolute atomic E-state index is 0.0852. The second-order valence-corrected chi connectivity index (χ2v) is 10.0. The molecule has 0 spiro atoms. The molecule has 0 bridgehead atoms. The summed E-state index contributed by atoms with van der Waals surface area (Å²) in [6.07, 6.45) is 6.40. The molecule has 1 aliphatic heterocycles. The van der Waals surface area contributed by atoms with Crippen LogP contribution in [0.15, 0.2) is 65.6 Å². The Hall–Kier alpha value is -3.45. The highest BCUT2D eigenvalue weighted by Crippen LogP contribution is 2.27. The number of benzene rings is 2. The molecule has 7 nitrogen and oxygen atoms in total. The maximum Gasteiger partial charge on any atom is 0.291 e. The molecular formula is C29H35N5O2. The first kappa shape index (κ1) is 24.3. The zero-order valence-corrected chi connectivity index (χ0v) is 21.2. The van der Waals surface area contributed by atoms with Gasteiger partial charge in [-0.15, -0.1) is 0 Å². The van der Waals surface area contributed by atoms with Gasteiger partial charge in [0.1, 0.15) is 12.1 Å². The summed E-state index contributed by atoms with van der Waals surface area (Å²) in [5, 5.41) is 9.15. The number of hydrogen-bond donors (Lipinski definition) is 1. The summed E-state index contributed by atoms with van der Waals surface area (Å²) < 4.78 is 3.33. The number of carbonyl (C=O) groups is 1. The Morgan fingerprint density at radius 3 is 2.50 bits per heavy atom. The number of rotatable bonds is 8. The third-order valence-corrected chi connectivity index (χ3v) is 7.54. The van der Waals surface area contributed by atoms with E-state index in [0.29, 0.717) is 30.7 Å². The van der Waals surface area contributed by atoms with Crippen molar-refractivity contribution in [3.63, 3.8) is 0 Å². The van der Waals surface area contributed by atoms with Crippen molar-refractivity contribution in [1.29, 1.82) is 0 Å². The highest BCUT2D eigenvalue weighted by atomic mass is 16.2. The minimum Gasteiger partial charge on any atom is -0.354 e. The number of hydrogen-bond acceptors (Lipinski definition) is 4. The monoisotopic (exact) mass is 485 g/mol. The highest BCUT2D eigenvalue weighted by Gasteiger charge is 2.24. The van der Waals surface area contributed by atoms with Gasteiger partial charge >= 0.3 is 0 Å². The van der Waals surface area contributed by atoms with E-state index in [0.717, 1.165) is 34.8 Å². The average molecular weight is 486 g/mol. The first-order valence-corrected chi connectivity index (χ1v) is 13.1. The number of amides is 1. The highest BCUT2D eigenvalue weighted by molar-refractivity contribution is 6.07. The quantitative estimate of drug-likeness (QED) is 0.380. The number of para-hydroxylation sites is 1. The lowest BCUT2D eigenvalue weighted by Gasteiger charge is -2.39. The molecule has 0 radical (unpaired) electrons. The van der Waals surface area contributed by atoms with Crippen LogP contribution in [0.1, 0.15) is 45.1 Å². The summed E-state index contributed by atoms with van der Waals surface area (Å²) in [6.45, 7) is 6.65. The molecule has 0 aliphatic carbocycles. The number of nitrogens with zero attached hydrogens (tertiary/aromatic N) is 4. The van der Waals surface area contributed by atoms with Crippen LogP contribution in [0.4, 0.5) is 0 Å². The Kier molecular flexibility index (Phi) is 7.18. The number of likely N-dealkylation sites (tertiary alicyclic amines) is 1. The Labute approximate surface area is 211 Å². The summed E-state index contributed by atoms with van der Waals surface area (Å²) in [6, 6.07) is 19.3. The van der Waals surface area contributed by atoms with Gasteiger partial charge in [-0.3, -0.25) is 14.5 Å². The molecule has 1 saturated heterocycles. The van der Waals surface area contributed by atoms with E-state index < -0.39 is 0 Å². The van der Waals surface area contributed by atoms with E-state index in [1.807, 2.05) is 47.0 Å². The zero-order chi connectivity index (χ0) is 25.1. The van der Waals surface area contributed by atoms with Gasteiger partial charge in [-0.25, -0.2) is 4.68 Å². The topological polar surface area (TPSA) is 72.2 Å². The normalized spacial score (nSPS) is 18.6. The Morgan fingerprint density at radius 2 is 1.72 bits per heavy atom. The summed E-state index contributed by atoms with van der Waals surface area (Å²) >= 11 is 0. The van der Waals surface area contributed by atoms with Crippen molar-refractivity contribution < 1.29 is 4.79 Å². The smallest absolute Gasteiger partial charge is 0.291 e. The van der Waals surface area contributed by atoms with Gasteiger partial charge in [-0.2, -0.15) is 5.10 Å². The first-order valence-electron chi connectivity index (χ1n) is 13.1. The molecule has 2 aromatic heterocycles. The SMILES string of the molecule is C[C@@H]1CCC[C@H](C)N1CCCNC(=O)Cn1ncc2c3ccccc3n(Cc3ccccc3)c2c1=O. The summed E-state index contributed by atoms with van der Waals surface area (Å²) in [5.41, 5.74) is 2.43. The minimum atomic E-state index is -0.245. The molecule has 0 unspecified atom stereocenters. The van der Waals surface area contributed by atoms with Crippen LogP contribution in [0.25, 0.3) is 21.8 Å². The van der Waals surface area contributed by atoms with Crippen molar-refractivity contribution >= 4 is 27.7 Å². The van der Waals surface area contributed by atoms with Crippen LogP contribution < -0.4 is 10.9 Å². The number of nitrogens with one attached hydrogen (secondary N) is 1. The van der Waals surface area contributed by atoms with Crippen molar-refractivity contribution in [2.24, 2.45) is 0 Å². The van der Waals surface area contributed by atoms with Crippen LogP contribution in [-0.2, 0) is 17.9 Å². The maximum absolute atomic E-state index is 13.5. The fourth-order valence-corrected chi connectivity index (χ4v) is 5.63. The molecule has 4 aromatic rings. The Bertz CT molecular complexity index is 1400.